The van der Waals surface area contributed by atoms with E-state index in [1.54, 1.807) is 18.2 Å². The normalized spacial score (nSPS) is 19.1. The Morgan fingerprint density at radius 3 is 2.94 bits per heavy atom. The van der Waals surface area contributed by atoms with Gasteiger partial charge in [0.25, 0.3) is 0 Å². The van der Waals surface area contributed by atoms with E-state index in [0.717, 1.165) is 29.8 Å². The van der Waals surface area contributed by atoms with Gasteiger partial charge in [0.2, 0.25) is 0 Å². The van der Waals surface area contributed by atoms with Gasteiger partial charge < -0.3 is 5.11 Å². The Labute approximate surface area is 103 Å². The first kappa shape index (κ1) is 10.9. The van der Waals surface area contributed by atoms with Gasteiger partial charge in [-0.3, -0.25) is 0 Å². The van der Waals surface area contributed by atoms with Crippen molar-refractivity contribution in [1.82, 2.24) is 4.98 Å². The van der Waals surface area contributed by atoms with Crippen molar-refractivity contribution in [1.29, 1.82) is 0 Å². The number of nitrogens with zero attached hydrogens (tertiary/aromatic N) is 1. The minimum Gasteiger partial charge on any atom is -0.387 e. The number of rotatable bonds is 1. The van der Waals surface area contributed by atoms with Gasteiger partial charge in [-0.05, 0) is 31.4 Å². The van der Waals surface area contributed by atoms with Gasteiger partial charge in [0, 0.05) is 10.4 Å². The van der Waals surface area contributed by atoms with Crippen LogP contribution in [0.4, 0.5) is 4.39 Å². The number of thiazole rings is 1. The van der Waals surface area contributed by atoms with Gasteiger partial charge in [0.15, 0.2) is 0 Å². The first-order valence-corrected chi connectivity index (χ1v) is 6.50. The summed E-state index contributed by atoms with van der Waals surface area (Å²) in [5, 5.41) is 10.5. The summed E-state index contributed by atoms with van der Waals surface area (Å²) >= 11 is 1.50. The third-order valence-electron chi connectivity index (χ3n) is 3.03. The fourth-order valence-corrected chi connectivity index (χ4v) is 3.33. The molecule has 88 valence electrons. The summed E-state index contributed by atoms with van der Waals surface area (Å²) in [7, 11) is 0. The lowest BCUT2D eigenvalue weighted by Gasteiger charge is -2.14. The van der Waals surface area contributed by atoms with Crippen LogP contribution < -0.4 is 0 Å². The number of benzene rings is 1. The highest BCUT2D eigenvalue weighted by Crippen LogP contribution is 2.37. The van der Waals surface area contributed by atoms with Gasteiger partial charge in [-0.1, -0.05) is 12.1 Å². The zero-order valence-corrected chi connectivity index (χ0v) is 10.0. The first-order valence-electron chi connectivity index (χ1n) is 5.68. The summed E-state index contributed by atoms with van der Waals surface area (Å²) < 4.78 is 13.6. The standard InChI is InChI=1S/C13H12FNOS/c14-9-5-2-1-4-8(9)13-15-12-10(16)6-3-7-11(12)17-13/h1-2,4-5,10,16H,3,6-7H2. The number of aliphatic hydroxyl groups excluding tert-OH is 1. The quantitative estimate of drug-likeness (QED) is 0.841. The highest BCUT2D eigenvalue weighted by Gasteiger charge is 2.23. The number of hydrogen-bond donors (Lipinski definition) is 1. The molecule has 1 unspecified atom stereocenters. The van der Waals surface area contributed by atoms with Crippen molar-refractivity contribution in [3.63, 3.8) is 0 Å². The Bertz CT molecular complexity index is 552. The van der Waals surface area contributed by atoms with E-state index in [9.17, 15) is 9.50 Å². The third-order valence-corrected chi connectivity index (χ3v) is 4.19. The molecule has 1 aromatic carbocycles. The molecule has 3 rings (SSSR count). The molecule has 0 saturated heterocycles. The lowest BCUT2D eigenvalue weighted by molar-refractivity contribution is 0.153. The van der Waals surface area contributed by atoms with Crippen LogP contribution in [0, 0.1) is 5.82 Å². The zero-order valence-electron chi connectivity index (χ0n) is 9.19. The van der Waals surface area contributed by atoms with Gasteiger partial charge in [0.05, 0.1) is 11.8 Å². The van der Waals surface area contributed by atoms with E-state index in [1.807, 2.05) is 0 Å². The molecule has 0 fully saturated rings. The summed E-state index contributed by atoms with van der Waals surface area (Å²) in [5.41, 5.74) is 1.28. The van der Waals surface area contributed by atoms with Gasteiger partial charge in [0.1, 0.15) is 10.8 Å². The molecular formula is C13H12FNOS. The van der Waals surface area contributed by atoms with Crippen LogP contribution in [0.1, 0.15) is 29.5 Å². The SMILES string of the molecule is OC1CCCc2sc(-c3ccccc3F)nc21. The summed E-state index contributed by atoms with van der Waals surface area (Å²) in [6.07, 6.45) is 2.20. The molecular weight excluding hydrogens is 237 g/mol. The van der Waals surface area contributed by atoms with Crippen molar-refractivity contribution < 1.29 is 9.50 Å². The van der Waals surface area contributed by atoms with Crippen LogP contribution in [0.3, 0.4) is 0 Å². The molecule has 1 aliphatic carbocycles. The Morgan fingerprint density at radius 1 is 1.35 bits per heavy atom. The molecule has 0 spiro atoms. The van der Waals surface area contributed by atoms with Crippen molar-refractivity contribution in [2.24, 2.45) is 0 Å². The average Bonchev–Trinajstić information content (AvgIpc) is 2.75. The molecule has 17 heavy (non-hydrogen) atoms. The average molecular weight is 249 g/mol. The molecule has 2 nitrogen and oxygen atoms in total. The fraction of sp³-hybridized carbons (Fsp3) is 0.308. The van der Waals surface area contributed by atoms with E-state index in [2.05, 4.69) is 4.98 Å². The fourth-order valence-electron chi connectivity index (χ4n) is 2.15. The van der Waals surface area contributed by atoms with Crippen LogP contribution in [0.2, 0.25) is 0 Å². The summed E-state index contributed by atoms with van der Waals surface area (Å²) in [5.74, 6) is -0.256. The maximum absolute atomic E-state index is 13.6. The van der Waals surface area contributed by atoms with Crippen LogP contribution in [0.25, 0.3) is 10.6 Å². The Kier molecular flexibility index (Phi) is 2.68. The van der Waals surface area contributed by atoms with Crippen LogP contribution in [0.5, 0.6) is 0 Å². The van der Waals surface area contributed by atoms with Crippen LogP contribution in [0.15, 0.2) is 24.3 Å². The molecule has 0 aliphatic heterocycles. The highest BCUT2D eigenvalue weighted by atomic mass is 32.1. The summed E-state index contributed by atoms with van der Waals surface area (Å²) in [6, 6.07) is 6.63. The predicted molar refractivity (Wildman–Crippen MR) is 65.4 cm³/mol. The van der Waals surface area contributed by atoms with Gasteiger partial charge in [-0.25, -0.2) is 9.37 Å². The highest BCUT2D eigenvalue weighted by molar-refractivity contribution is 7.15. The second-order valence-electron chi connectivity index (χ2n) is 4.22. The molecule has 0 amide bonds. The Balaban J connectivity index is 2.08. The molecule has 0 radical (unpaired) electrons. The summed E-state index contributed by atoms with van der Waals surface area (Å²) in [4.78, 5) is 5.49. The third kappa shape index (κ3) is 1.87. The van der Waals surface area contributed by atoms with Crippen LogP contribution in [-0.4, -0.2) is 10.1 Å². The monoisotopic (exact) mass is 249 g/mol. The molecule has 4 heteroatoms. The lowest BCUT2D eigenvalue weighted by atomic mass is 10.0. The molecule has 1 heterocycles. The summed E-state index contributed by atoms with van der Waals surface area (Å²) in [6.45, 7) is 0. The van der Waals surface area contributed by atoms with Crippen molar-refractivity contribution >= 4 is 11.3 Å². The van der Waals surface area contributed by atoms with Crippen molar-refractivity contribution in [2.45, 2.75) is 25.4 Å². The van der Waals surface area contributed by atoms with E-state index in [1.165, 1.54) is 17.4 Å². The van der Waals surface area contributed by atoms with Crippen molar-refractivity contribution in [3.05, 3.63) is 40.7 Å². The second kappa shape index (κ2) is 4.20. The topological polar surface area (TPSA) is 33.1 Å². The molecule has 1 aliphatic rings. The maximum Gasteiger partial charge on any atom is 0.133 e. The van der Waals surface area contributed by atoms with E-state index < -0.39 is 6.10 Å². The smallest absolute Gasteiger partial charge is 0.133 e. The van der Waals surface area contributed by atoms with Gasteiger partial charge >= 0.3 is 0 Å². The number of fused-ring (bicyclic) bond motifs is 1. The van der Waals surface area contributed by atoms with Gasteiger partial charge in [-0.15, -0.1) is 11.3 Å². The minimum absolute atomic E-state index is 0.256. The lowest BCUT2D eigenvalue weighted by Crippen LogP contribution is -2.07. The number of halogens is 1. The number of hydrogen-bond acceptors (Lipinski definition) is 3. The maximum atomic E-state index is 13.6. The Hall–Kier alpha value is -1.26. The molecule has 0 saturated carbocycles. The molecule has 1 aromatic heterocycles. The molecule has 0 bridgehead atoms. The molecule has 1 atom stereocenters. The minimum atomic E-state index is -0.476. The Morgan fingerprint density at radius 2 is 2.18 bits per heavy atom. The van der Waals surface area contributed by atoms with Crippen molar-refractivity contribution in [2.75, 3.05) is 0 Å². The molecule has 2 aromatic rings. The van der Waals surface area contributed by atoms with E-state index in [0.29, 0.717) is 10.6 Å². The largest absolute Gasteiger partial charge is 0.387 e. The van der Waals surface area contributed by atoms with Crippen LogP contribution in [-0.2, 0) is 6.42 Å². The van der Waals surface area contributed by atoms with E-state index in [-0.39, 0.29) is 5.82 Å². The number of aryl methyl sites for hydroxylation is 1. The predicted octanol–water partition coefficient (Wildman–Crippen LogP) is 3.32. The van der Waals surface area contributed by atoms with Crippen molar-refractivity contribution in [3.8, 4) is 10.6 Å². The second-order valence-corrected chi connectivity index (χ2v) is 5.30. The van der Waals surface area contributed by atoms with Gasteiger partial charge in [-0.2, -0.15) is 0 Å². The van der Waals surface area contributed by atoms with E-state index in [4.69, 9.17) is 0 Å². The zero-order chi connectivity index (χ0) is 11.8. The first-order chi connectivity index (χ1) is 8.25. The van der Waals surface area contributed by atoms with Crippen LogP contribution >= 0.6 is 11.3 Å². The number of aliphatic hydroxyl groups is 1. The van der Waals surface area contributed by atoms with E-state index >= 15 is 0 Å². The number of aromatic nitrogens is 1. The molecule has 1 N–H and O–H groups in total.